The van der Waals surface area contributed by atoms with E-state index in [1.807, 2.05) is 43.9 Å². The fourth-order valence-electron chi connectivity index (χ4n) is 1.83. The van der Waals surface area contributed by atoms with Crippen LogP contribution in [0.1, 0.15) is 5.69 Å². The number of nitrogens with zero attached hydrogens (tertiary/aromatic N) is 1. The van der Waals surface area contributed by atoms with E-state index in [0.717, 1.165) is 5.92 Å². The molecular formula is C14H9FN. The highest BCUT2D eigenvalue weighted by molar-refractivity contribution is 5.79. The molecule has 0 aliphatic heterocycles. The minimum Gasteiger partial charge on any atom is -0.252 e. The summed E-state index contributed by atoms with van der Waals surface area (Å²) in [6.07, 6.45) is 7.70. The highest BCUT2D eigenvalue weighted by Gasteiger charge is 2.21. The second kappa shape index (κ2) is 3.85. The first-order chi connectivity index (χ1) is 7.84. The number of fused-ring (bicyclic) bond motifs is 1. The minimum atomic E-state index is -0.221. The van der Waals surface area contributed by atoms with Gasteiger partial charge in [-0.05, 0) is 43.9 Å². The summed E-state index contributed by atoms with van der Waals surface area (Å²) in [5.41, 5.74) is 1.37. The van der Waals surface area contributed by atoms with Crippen molar-refractivity contribution in [2.45, 2.75) is 0 Å². The molecule has 2 heteroatoms. The predicted molar refractivity (Wildman–Crippen MR) is 61.2 cm³/mol. The molecule has 0 bridgehead atoms. The van der Waals surface area contributed by atoms with Crippen molar-refractivity contribution in [1.82, 2.24) is 4.98 Å². The molecule has 16 heavy (non-hydrogen) atoms. The molecule has 1 aromatic carbocycles. The highest BCUT2D eigenvalue weighted by Crippen LogP contribution is 2.30. The van der Waals surface area contributed by atoms with Gasteiger partial charge in [-0.2, -0.15) is 0 Å². The Kier molecular flexibility index (Phi) is 2.35. The van der Waals surface area contributed by atoms with E-state index in [9.17, 15) is 4.39 Å². The molecule has 0 unspecified atom stereocenters. The van der Waals surface area contributed by atoms with E-state index in [-0.39, 0.29) is 5.82 Å². The number of aromatic nitrogens is 1. The molecule has 1 aliphatic carbocycles. The normalized spacial score (nSPS) is 17.1. The van der Waals surface area contributed by atoms with Crippen molar-refractivity contribution in [2.24, 2.45) is 0 Å². The quantitative estimate of drug-likeness (QED) is 0.704. The Morgan fingerprint density at radius 2 is 1.75 bits per heavy atom. The number of pyridine rings is 1. The summed E-state index contributed by atoms with van der Waals surface area (Å²) in [4.78, 5) is 4.44. The third-order valence-corrected chi connectivity index (χ3v) is 2.62. The molecule has 0 atom stereocenters. The molecule has 1 aliphatic rings. The van der Waals surface area contributed by atoms with Gasteiger partial charge in [0.2, 0.25) is 0 Å². The monoisotopic (exact) mass is 210 g/mol. The van der Waals surface area contributed by atoms with Crippen LogP contribution in [0.3, 0.4) is 0 Å². The largest absolute Gasteiger partial charge is 0.252 e. The Morgan fingerprint density at radius 3 is 2.56 bits per heavy atom. The molecule has 1 fully saturated rings. The SMILES string of the molecule is Fc1cc([C]2[CH][CH][CH][CH]2)nc2ccccc12. The second-order valence-corrected chi connectivity index (χ2v) is 3.68. The highest BCUT2D eigenvalue weighted by atomic mass is 19.1. The third-order valence-electron chi connectivity index (χ3n) is 2.62. The van der Waals surface area contributed by atoms with Crippen LogP contribution < -0.4 is 0 Å². The lowest BCUT2D eigenvalue weighted by Gasteiger charge is -2.08. The van der Waals surface area contributed by atoms with Crippen molar-refractivity contribution < 1.29 is 4.39 Å². The van der Waals surface area contributed by atoms with E-state index in [1.54, 1.807) is 6.07 Å². The van der Waals surface area contributed by atoms with E-state index in [4.69, 9.17) is 0 Å². The molecule has 5 radical (unpaired) electrons. The molecule has 0 saturated heterocycles. The van der Waals surface area contributed by atoms with Crippen molar-refractivity contribution in [1.29, 1.82) is 0 Å². The average molecular weight is 210 g/mol. The Bertz CT molecular complexity index is 515. The molecule has 1 nitrogen and oxygen atoms in total. The van der Waals surface area contributed by atoms with Gasteiger partial charge in [-0.3, -0.25) is 4.98 Å². The minimum absolute atomic E-state index is 0.221. The van der Waals surface area contributed by atoms with Crippen LogP contribution in [0.4, 0.5) is 4.39 Å². The fourth-order valence-corrected chi connectivity index (χ4v) is 1.83. The van der Waals surface area contributed by atoms with Crippen LogP contribution >= 0.6 is 0 Å². The summed E-state index contributed by atoms with van der Waals surface area (Å²) in [6, 6.07) is 8.73. The van der Waals surface area contributed by atoms with Gasteiger partial charge < -0.3 is 0 Å². The average Bonchev–Trinajstić information content (AvgIpc) is 2.82. The van der Waals surface area contributed by atoms with Crippen LogP contribution in [0.5, 0.6) is 0 Å². The molecule has 0 amide bonds. The first-order valence-corrected chi connectivity index (χ1v) is 5.12. The zero-order valence-electron chi connectivity index (χ0n) is 8.52. The van der Waals surface area contributed by atoms with Crippen molar-refractivity contribution >= 4 is 10.9 Å². The van der Waals surface area contributed by atoms with Crippen LogP contribution in [0.2, 0.25) is 0 Å². The summed E-state index contributed by atoms with van der Waals surface area (Å²) in [6.45, 7) is 0. The van der Waals surface area contributed by atoms with E-state index < -0.39 is 0 Å². The number of para-hydroxylation sites is 1. The number of halogens is 1. The number of benzene rings is 1. The molecule has 1 heterocycles. The maximum atomic E-state index is 13.8. The standard InChI is InChI=1S/C14H9FN/c15-12-9-14(10-5-1-2-6-10)16-13-8-4-3-7-11(12)13/h1-9H. The van der Waals surface area contributed by atoms with Crippen LogP contribution in [0, 0.1) is 37.4 Å². The zero-order chi connectivity index (χ0) is 11.0. The molecule has 2 aromatic rings. The van der Waals surface area contributed by atoms with Gasteiger partial charge in [0.15, 0.2) is 0 Å². The van der Waals surface area contributed by atoms with Gasteiger partial charge in [-0.15, -0.1) is 0 Å². The Labute approximate surface area is 94.3 Å². The summed E-state index contributed by atoms with van der Waals surface area (Å²) < 4.78 is 13.8. The van der Waals surface area contributed by atoms with Crippen LogP contribution in [0.25, 0.3) is 10.9 Å². The van der Waals surface area contributed by atoms with Gasteiger partial charge in [0.25, 0.3) is 0 Å². The maximum absolute atomic E-state index is 13.8. The Hall–Kier alpha value is -1.44. The van der Waals surface area contributed by atoms with Gasteiger partial charge in [0.05, 0.1) is 11.2 Å². The van der Waals surface area contributed by atoms with Gasteiger partial charge in [0.1, 0.15) is 5.82 Å². The summed E-state index contributed by atoms with van der Waals surface area (Å²) in [5, 5.41) is 0.567. The first-order valence-electron chi connectivity index (χ1n) is 5.12. The molecule has 3 rings (SSSR count). The maximum Gasteiger partial charge on any atom is 0.134 e. The van der Waals surface area contributed by atoms with Crippen molar-refractivity contribution in [3.8, 4) is 0 Å². The van der Waals surface area contributed by atoms with Gasteiger partial charge in [-0.25, -0.2) is 4.39 Å². The second-order valence-electron chi connectivity index (χ2n) is 3.68. The fraction of sp³-hybridized carbons (Fsp3) is 0. The number of hydrogen-bond acceptors (Lipinski definition) is 1. The molecule has 1 aromatic heterocycles. The summed E-state index contributed by atoms with van der Waals surface area (Å²) in [5.74, 6) is 0.728. The first kappa shape index (κ1) is 9.76. The van der Waals surface area contributed by atoms with E-state index in [1.165, 1.54) is 6.07 Å². The molecule has 0 spiro atoms. The van der Waals surface area contributed by atoms with Gasteiger partial charge in [0, 0.05) is 11.3 Å². The summed E-state index contributed by atoms with van der Waals surface area (Å²) >= 11 is 0. The predicted octanol–water partition coefficient (Wildman–Crippen LogP) is 3.13. The van der Waals surface area contributed by atoms with E-state index in [0.29, 0.717) is 16.6 Å². The summed E-state index contributed by atoms with van der Waals surface area (Å²) in [7, 11) is 0. The smallest absolute Gasteiger partial charge is 0.134 e. The lowest BCUT2D eigenvalue weighted by atomic mass is 10.0. The molecule has 1 saturated carbocycles. The van der Waals surface area contributed by atoms with Crippen LogP contribution in [0.15, 0.2) is 30.3 Å². The molecular weight excluding hydrogens is 201 g/mol. The van der Waals surface area contributed by atoms with Crippen molar-refractivity contribution in [2.75, 3.05) is 0 Å². The lowest BCUT2D eigenvalue weighted by Crippen LogP contribution is -2.00. The topological polar surface area (TPSA) is 12.9 Å². The Balaban J connectivity index is 2.13. The zero-order valence-corrected chi connectivity index (χ0v) is 8.52. The number of hydrogen-bond donors (Lipinski definition) is 0. The van der Waals surface area contributed by atoms with E-state index >= 15 is 0 Å². The van der Waals surface area contributed by atoms with Crippen molar-refractivity contribution in [3.63, 3.8) is 0 Å². The van der Waals surface area contributed by atoms with Crippen LogP contribution in [-0.2, 0) is 0 Å². The molecule has 77 valence electrons. The van der Waals surface area contributed by atoms with Crippen LogP contribution in [-0.4, -0.2) is 4.98 Å². The lowest BCUT2D eigenvalue weighted by molar-refractivity contribution is 0.637. The number of rotatable bonds is 1. The third kappa shape index (κ3) is 1.58. The van der Waals surface area contributed by atoms with Gasteiger partial charge in [-0.1, -0.05) is 12.1 Å². The van der Waals surface area contributed by atoms with Crippen molar-refractivity contribution in [3.05, 3.63) is 73.4 Å². The Morgan fingerprint density at radius 1 is 1.00 bits per heavy atom. The van der Waals surface area contributed by atoms with Gasteiger partial charge >= 0.3 is 0 Å². The van der Waals surface area contributed by atoms with E-state index in [2.05, 4.69) is 4.98 Å². The molecule has 0 N–H and O–H groups in total.